The molecule has 2 aliphatic heterocycles. The summed E-state index contributed by atoms with van der Waals surface area (Å²) in [5.41, 5.74) is 2.16. The van der Waals surface area contributed by atoms with E-state index in [1.807, 2.05) is 12.1 Å². The van der Waals surface area contributed by atoms with Crippen LogP contribution < -0.4 is 4.74 Å². The van der Waals surface area contributed by atoms with Crippen LogP contribution in [0.2, 0.25) is 0 Å². The van der Waals surface area contributed by atoms with E-state index >= 15 is 0 Å². The van der Waals surface area contributed by atoms with Crippen molar-refractivity contribution in [2.45, 2.75) is 57.1 Å². The lowest BCUT2D eigenvalue weighted by Crippen LogP contribution is -2.40. The molecule has 5 nitrogen and oxygen atoms in total. The lowest BCUT2D eigenvalue weighted by molar-refractivity contribution is -0.128. The largest absolute Gasteiger partial charge is 0.493 e. The molecule has 3 unspecified atom stereocenters. The lowest BCUT2D eigenvalue weighted by atomic mass is 9.69. The molecule has 1 amide bonds. The first-order valence-electron chi connectivity index (χ1n) is 10.6. The van der Waals surface area contributed by atoms with Crippen molar-refractivity contribution >= 4 is 15.9 Å². The third kappa shape index (κ3) is 1.88. The van der Waals surface area contributed by atoms with Crippen LogP contribution in [0.3, 0.4) is 0 Å². The molecular weight excluding hydrogens is 374 g/mol. The number of fused-ring (bicyclic) bond motifs is 2. The molecule has 4 fully saturated rings. The Balaban J connectivity index is 1.30. The summed E-state index contributed by atoms with van der Waals surface area (Å²) in [6, 6.07) is 6.05. The molecule has 150 valence electrons. The van der Waals surface area contributed by atoms with Gasteiger partial charge in [-0.1, -0.05) is 26.0 Å². The summed E-state index contributed by atoms with van der Waals surface area (Å²) < 4.78 is 33.6. The summed E-state index contributed by atoms with van der Waals surface area (Å²) in [6.07, 6.45) is 4.41. The number of carbonyl (C=O) groups excluding carboxylic acids is 1. The second-order valence-corrected chi connectivity index (χ2v) is 12.1. The van der Waals surface area contributed by atoms with E-state index in [-0.39, 0.29) is 33.8 Å². The minimum atomic E-state index is -3.54. The summed E-state index contributed by atoms with van der Waals surface area (Å²) in [5, 5.41) is -0.357. The number of carbonyl (C=O) groups is 1. The van der Waals surface area contributed by atoms with Gasteiger partial charge in [0.25, 0.3) is 0 Å². The number of ether oxygens (including phenoxy) is 1. The van der Waals surface area contributed by atoms with Gasteiger partial charge in [-0.15, -0.1) is 0 Å². The van der Waals surface area contributed by atoms with Crippen LogP contribution in [0.5, 0.6) is 5.75 Å². The van der Waals surface area contributed by atoms with Crippen molar-refractivity contribution in [3.63, 3.8) is 0 Å². The highest BCUT2D eigenvalue weighted by molar-refractivity contribution is 7.90. The maximum atomic E-state index is 13.3. The normalized spacial score (nSPS) is 40.9. The number of amides is 1. The molecule has 1 aromatic rings. The zero-order valence-electron chi connectivity index (χ0n) is 16.5. The van der Waals surface area contributed by atoms with Crippen LogP contribution in [0.1, 0.15) is 56.6 Å². The van der Waals surface area contributed by atoms with Crippen molar-refractivity contribution in [3.8, 4) is 5.75 Å². The maximum absolute atomic E-state index is 13.3. The van der Waals surface area contributed by atoms with Gasteiger partial charge >= 0.3 is 0 Å². The fraction of sp³-hybridized carbons (Fsp3) is 0.682. The third-order valence-corrected chi connectivity index (χ3v) is 11.3. The number of hydrogen-bond acceptors (Lipinski definition) is 4. The Morgan fingerprint density at radius 3 is 2.82 bits per heavy atom. The lowest BCUT2D eigenvalue weighted by Gasteiger charge is -2.36. The van der Waals surface area contributed by atoms with Crippen LogP contribution in [-0.2, 0) is 21.2 Å². The second-order valence-electron chi connectivity index (χ2n) is 10.1. The Kier molecular flexibility index (Phi) is 3.17. The molecule has 0 N–H and O–H groups in total. The van der Waals surface area contributed by atoms with Crippen LogP contribution in [0.4, 0.5) is 0 Å². The van der Waals surface area contributed by atoms with Crippen molar-refractivity contribution < 1.29 is 17.9 Å². The molecule has 1 aromatic carbocycles. The molecule has 5 aliphatic rings. The predicted molar refractivity (Wildman–Crippen MR) is 104 cm³/mol. The highest BCUT2D eigenvalue weighted by Crippen LogP contribution is 2.70. The summed E-state index contributed by atoms with van der Waals surface area (Å²) in [4.78, 5) is 13.3. The van der Waals surface area contributed by atoms with E-state index in [1.54, 1.807) is 0 Å². The number of hydrogen-bond donors (Lipinski definition) is 0. The van der Waals surface area contributed by atoms with Crippen molar-refractivity contribution in [3.05, 3.63) is 29.3 Å². The maximum Gasteiger partial charge on any atom is 0.240 e. The van der Waals surface area contributed by atoms with Gasteiger partial charge in [0.15, 0.2) is 0 Å². The van der Waals surface area contributed by atoms with E-state index in [1.165, 1.54) is 15.4 Å². The van der Waals surface area contributed by atoms with Gasteiger partial charge in [0.05, 0.1) is 11.9 Å². The smallest absolute Gasteiger partial charge is 0.240 e. The minimum Gasteiger partial charge on any atom is -0.493 e. The highest BCUT2D eigenvalue weighted by atomic mass is 32.2. The SMILES string of the molecule is CC1(C)C2CCC13CN(C(=O)[C@@H]1C[C@H]1c1cccc4c1CCO4)S(=O)(=O)C3C2. The van der Waals surface area contributed by atoms with Crippen LogP contribution in [0.15, 0.2) is 18.2 Å². The van der Waals surface area contributed by atoms with E-state index in [0.29, 0.717) is 19.1 Å². The van der Waals surface area contributed by atoms with Gasteiger partial charge in [0, 0.05) is 29.9 Å². The van der Waals surface area contributed by atoms with Crippen molar-refractivity contribution in [1.29, 1.82) is 0 Å². The topological polar surface area (TPSA) is 63.7 Å². The third-order valence-electron chi connectivity index (χ3n) is 8.98. The van der Waals surface area contributed by atoms with E-state index in [0.717, 1.165) is 37.9 Å². The zero-order valence-corrected chi connectivity index (χ0v) is 17.3. The molecule has 28 heavy (non-hydrogen) atoms. The van der Waals surface area contributed by atoms with Gasteiger partial charge in [-0.2, -0.15) is 0 Å². The molecule has 2 heterocycles. The molecule has 3 saturated carbocycles. The highest BCUT2D eigenvalue weighted by Gasteiger charge is 2.73. The first kappa shape index (κ1) is 17.3. The molecule has 5 atom stereocenters. The van der Waals surface area contributed by atoms with E-state index < -0.39 is 10.0 Å². The summed E-state index contributed by atoms with van der Waals surface area (Å²) in [7, 11) is -3.54. The standard InChI is InChI=1S/C22H27NO4S/c1-21(2)13-6-8-22(21)12-23(28(25,26)19(22)10-13)20(24)17-11-16(17)14-4-3-5-18-15(14)7-9-27-18/h3-5,13,16-17,19H,6-12H2,1-2H3/t13?,16-,17+,19?,22?/m0/s1. The van der Waals surface area contributed by atoms with Gasteiger partial charge in [-0.25, -0.2) is 12.7 Å². The molecule has 3 aliphatic carbocycles. The quantitative estimate of drug-likeness (QED) is 0.764. The first-order valence-corrected chi connectivity index (χ1v) is 12.1. The number of benzene rings is 1. The average molecular weight is 402 g/mol. The van der Waals surface area contributed by atoms with Crippen LogP contribution in [0.25, 0.3) is 0 Å². The molecule has 2 bridgehead atoms. The van der Waals surface area contributed by atoms with Crippen LogP contribution in [-0.4, -0.2) is 37.0 Å². The molecule has 0 radical (unpaired) electrons. The Morgan fingerprint density at radius 2 is 2.07 bits per heavy atom. The Hall–Kier alpha value is -1.56. The fourth-order valence-electron chi connectivity index (χ4n) is 7.08. The average Bonchev–Trinajstić information content (AvgIpc) is 3.03. The van der Waals surface area contributed by atoms with Gasteiger partial charge in [-0.05, 0) is 54.6 Å². The summed E-state index contributed by atoms with van der Waals surface area (Å²) in [5.74, 6) is 1.19. The van der Waals surface area contributed by atoms with Crippen molar-refractivity contribution in [2.24, 2.45) is 22.7 Å². The fourth-order valence-corrected chi connectivity index (χ4v) is 9.73. The second kappa shape index (κ2) is 5.13. The minimum absolute atomic E-state index is 0.000308. The van der Waals surface area contributed by atoms with E-state index in [4.69, 9.17) is 4.74 Å². The van der Waals surface area contributed by atoms with Gasteiger partial charge < -0.3 is 4.74 Å². The molecule has 1 saturated heterocycles. The zero-order chi connectivity index (χ0) is 19.5. The first-order chi connectivity index (χ1) is 13.3. The monoisotopic (exact) mass is 401 g/mol. The van der Waals surface area contributed by atoms with Crippen LogP contribution >= 0.6 is 0 Å². The van der Waals surface area contributed by atoms with Gasteiger partial charge in [0.2, 0.25) is 15.9 Å². The van der Waals surface area contributed by atoms with Crippen molar-refractivity contribution in [2.75, 3.05) is 13.2 Å². The number of sulfonamides is 1. The molecule has 1 spiro atoms. The van der Waals surface area contributed by atoms with E-state index in [9.17, 15) is 13.2 Å². The van der Waals surface area contributed by atoms with Gasteiger partial charge in [0.1, 0.15) is 5.75 Å². The Labute approximate surface area is 166 Å². The molecule has 6 heteroatoms. The number of rotatable bonds is 2. The Morgan fingerprint density at radius 1 is 1.25 bits per heavy atom. The Bertz CT molecular complexity index is 1000. The van der Waals surface area contributed by atoms with Gasteiger partial charge in [-0.3, -0.25) is 4.79 Å². The summed E-state index contributed by atoms with van der Waals surface area (Å²) >= 11 is 0. The summed E-state index contributed by atoms with van der Waals surface area (Å²) in [6.45, 7) is 5.54. The van der Waals surface area contributed by atoms with Crippen LogP contribution in [0, 0.1) is 22.7 Å². The van der Waals surface area contributed by atoms with E-state index in [2.05, 4.69) is 19.9 Å². The predicted octanol–water partition coefficient (Wildman–Crippen LogP) is 3.09. The van der Waals surface area contributed by atoms with Crippen molar-refractivity contribution in [1.82, 2.24) is 4.31 Å². The molecular formula is C22H27NO4S. The molecule has 0 aromatic heterocycles. The molecule has 6 rings (SSSR count). The number of nitrogens with zero attached hydrogens (tertiary/aromatic N) is 1.